The monoisotopic (exact) mass is 307 g/mol. The van der Waals surface area contributed by atoms with E-state index in [0.29, 0.717) is 12.1 Å². The molecule has 1 heterocycles. The number of nitrogens with zero attached hydrogens (tertiary/aromatic N) is 1. The molecule has 94 valence electrons. The Kier molecular flexibility index (Phi) is 3.87. The van der Waals surface area contributed by atoms with Gasteiger partial charge in [-0.1, -0.05) is 15.9 Å². The lowest BCUT2D eigenvalue weighted by Gasteiger charge is -2.21. The largest absolute Gasteiger partial charge is 0.469 e. The molecule has 3 nitrogen and oxygen atoms in total. The fourth-order valence-corrected chi connectivity index (χ4v) is 2.21. The highest BCUT2D eigenvalue weighted by Gasteiger charge is 2.10. The first-order valence-corrected chi connectivity index (χ1v) is 6.40. The molecule has 0 radical (unpaired) electrons. The Labute approximate surface area is 115 Å². The van der Waals surface area contributed by atoms with Gasteiger partial charge in [-0.25, -0.2) is 0 Å². The van der Waals surface area contributed by atoms with Crippen LogP contribution in [0.3, 0.4) is 0 Å². The van der Waals surface area contributed by atoms with E-state index < -0.39 is 0 Å². The maximum Gasteiger partial charge on any atom is 0.152 e. The second kappa shape index (κ2) is 5.40. The van der Waals surface area contributed by atoms with Crippen LogP contribution >= 0.6 is 15.9 Å². The average Bonchev–Trinajstić information content (AvgIpc) is 2.75. The van der Waals surface area contributed by atoms with Gasteiger partial charge < -0.3 is 9.32 Å². The summed E-state index contributed by atoms with van der Waals surface area (Å²) in [5.41, 5.74) is 2.70. The third-order valence-corrected chi connectivity index (χ3v) is 3.40. The van der Waals surface area contributed by atoms with Crippen molar-refractivity contribution in [3.8, 4) is 0 Å². The molecule has 0 amide bonds. The summed E-state index contributed by atoms with van der Waals surface area (Å²) in [6, 6.07) is 7.57. The van der Waals surface area contributed by atoms with E-state index in [9.17, 15) is 4.79 Å². The van der Waals surface area contributed by atoms with Crippen LogP contribution in [0.4, 0.5) is 5.69 Å². The highest BCUT2D eigenvalue weighted by Crippen LogP contribution is 2.25. The molecule has 0 spiro atoms. The van der Waals surface area contributed by atoms with Crippen LogP contribution in [0.5, 0.6) is 0 Å². The number of rotatable bonds is 4. The zero-order valence-corrected chi connectivity index (χ0v) is 11.9. The molecule has 0 aliphatic carbocycles. The van der Waals surface area contributed by atoms with Crippen LogP contribution in [0.25, 0.3) is 0 Å². The molecule has 4 heteroatoms. The zero-order valence-electron chi connectivity index (χ0n) is 10.3. The van der Waals surface area contributed by atoms with Crippen molar-refractivity contribution in [1.29, 1.82) is 0 Å². The minimum atomic E-state index is 0.682. The van der Waals surface area contributed by atoms with Crippen molar-refractivity contribution >= 4 is 27.9 Å². The number of carbonyl (C=O) groups excluding carboxylic acids is 1. The zero-order chi connectivity index (χ0) is 13.1. The summed E-state index contributed by atoms with van der Waals surface area (Å²) in [5.74, 6) is 0.907. The Bertz CT molecular complexity index is 563. The topological polar surface area (TPSA) is 33.5 Å². The molecule has 1 aromatic carbocycles. The van der Waals surface area contributed by atoms with Crippen LogP contribution in [0.2, 0.25) is 0 Å². The molecular weight excluding hydrogens is 294 g/mol. The van der Waals surface area contributed by atoms with E-state index in [1.165, 1.54) is 0 Å². The van der Waals surface area contributed by atoms with Crippen molar-refractivity contribution in [2.45, 2.75) is 13.5 Å². The fourth-order valence-electron chi connectivity index (χ4n) is 1.86. The highest BCUT2D eigenvalue weighted by molar-refractivity contribution is 9.10. The van der Waals surface area contributed by atoms with Gasteiger partial charge in [-0.3, -0.25) is 4.79 Å². The molecule has 0 N–H and O–H groups in total. The summed E-state index contributed by atoms with van der Waals surface area (Å²) < 4.78 is 6.23. The van der Waals surface area contributed by atoms with Crippen LogP contribution < -0.4 is 4.90 Å². The third kappa shape index (κ3) is 2.64. The van der Waals surface area contributed by atoms with Crippen molar-refractivity contribution in [1.82, 2.24) is 0 Å². The van der Waals surface area contributed by atoms with Gasteiger partial charge in [-0.2, -0.15) is 0 Å². The molecule has 0 fully saturated rings. The van der Waals surface area contributed by atoms with E-state index >= 15 is 0 Å². The number of hydrogen-bond donors (Lipinski definition) is 0. The first kappa shape index (κ1) is 12.9. The molecule has 0 aliphatic rings. The van der Waals surface area contributed by atoms with Crippen molar-refractivity contribution in [3.63, 3.8) is 0 Å². The van der Waals surface area contributed by atoms with Gasteiger partial charge in [-0.05, 0) is 31.2 Å². The van der Waals surface area contributed by atoms with Crippen LogP contribution in [0, 0.1) is 6.92 Å². The fraction of sp³-hybridized carbons (Fsp3) is 0.214. The molecule has 0 unspecified atom stereocenters. The Morgan fingerprint density at radius 1 is 1.39 bits per heavy atom. The van der Waals surface area contributed by atoms with Crippen LogP contribution in [-0.4, -0.2) is 13.3 Å². The number of furan rings is 1. The number of hydrogen-bond acceptors (Lipinski definition) is 3. The van der Waals surface area contributed by atoms with E-state index in [2.05, 4.69) is 15.9 Å². The number of aldehydes is 1. The van der Waals surface area contributed by atoms with Crippen molar-refractivity contribution in [3.05, 3.63) is 51.9 Å². The standard InChI is InChI=1S/C14H14BrNO2/c1-10-11(5-6-18-10)8-16(2)14-7-13(15)4-3-12(14)9-17/h3-7,9H,8H2,1-2H3. The predicted molar refractivity (Wildman–Crippen MR) is 75.1 cm³/mol. The van der Waals surface area contributed by atoms with Crippen molar-refractivity contribution < 1.29 is 9.21 Å². The van der Waals surface area contributed by atoms with Crippen molar-refractivity contribution in [2.24, 2.45) is 0 Å². The maximum absolute atomic E-state index is 11.1. The lowest BCUT2D eigenvalue weighted by atomic mass is 10.1. The van der Waals surface area contributed by atoms with Gasteiger partial charge in [0.15, 0.2) is 6.29 Å². The van der Waals surface area contributed by atoms with Gasteiger partial charge in [-0.15, -0.1) is 0 Å². The second-order valence-corrected chi connectivity index (χ2v) is 5.09. The summed E-state index contributed by atoms with van der Waals surface area (Å²) in [4.78, 5) is 13.1. The summed E-state index contributed by atoms with van der Waals surface area (Å²) in [7, 11) is 1.96. The second-order valence-electron chi connectivity index (χ2n) is 4.18. The summed E-state index contributed by atoms with van der Waals surface area (Å²) >= 11 is 3.43. The van der Waals surface area contributed by atoms with Crippen LogP contribution in [0.15, 0.2) is 39.4 Å². The minimum absolute atomic E-state index is 0.682. The van der Waals surface area contributed by atoms with E-state index in [4.69, 9.17) is 4.42 Å². The molecule has 0 bridgehead atoms. The highest BCUT2D eigenvalue weighted by atomic mass is 79.9. The Morgan fingerprint density at radius 2 is 2.17 bits per heavy atom. The van der Waals surface area contributed by atoms with Gasteiger partial charge in [0.25, 0.3) is 0 Å². The first-order chi connectivity index (χ1) is 8.61. The molecule has 18 heavy (non-hydrogen) atoms. The van der Waals surface area contributed by atoms with Gasteiger partial charge in [0.2, 0.25) is 0 Å². The molecule has 0 saturated heterocycles. The third-order valence-electron chi connectivity index (χ3n) is 2.90. The van der Waals surface area contributed by atoms with Gasteiger partial charge in [0.1, 0.15) is 5.76 Å². The molecule has 0 atom stereocenters. The number of carbonyl (C=O) groups is 1. The summed E-state index contributed by atoms with van der Waals surface area (Å²) in [5, 5.41) is 0. The Hall–Kier alpha value is -1.55. The smallest absolute Gasteiger partial charge is 0.152 e. The van der Waals surface area contributed by atoms with Gasteiger partial charge >= 0.3 is 0 Å². The van der Waals surface area contributed by atoms with E-state index in [0.717, 1.165) is 27.8 Å². The van der Waals surface area contributed by atoms with E-state index in [1.807, 2.05) is 43.1 Å². The Balaban J connectivity index is 2.28. The van der Waals surface area contributed by atoms with Crippen molar-refractivity contribution in [2.75, 3.05) is 11.9 Å². The number of benzene rings is 1. The molecule has 0 saturated carbocycles. The van der Waals surface area contributed by atoms with Crippen LogP contribution in [-0.2, 0) is 6.54 Å². The maximum atomic E-state index is 11.1. The number of halogens is 1. The minimum Gasteiger partial charge on any atom is -0.469 e. The lowest BCUT2D eigenvalue weighted by molar-refractivity contribution is 0.112. The molecular formula is C14H14BrNO2. The SMILES string of the molecule is Cc1occc1CN(C)c1cc(Br)ccc1C=O. The number of anilines is 1. The quantitative estimate of drug-likeness (QED) is 0.806. The van der Waals surface area contributed by atoms with E-state index in [1.54, 1.807) is 6.26 Å². The van der Waals surface area contributed by atoms with Gasteiger partial charge in [0.05, 0.1) is 6.26 Å². The number of aryl methyl sites for hydroxylation is 1. The molecule has 1 aromatic heterocycles. The average molecular weight is 308 g/mol. The molecule has 0 aliphatic heterocycles. The summed E-state index contributed by atoms with van der Waals surface area (Å²) in [6.45, 7) is 2.64. The normalized spacial score (nSPS) is 10.4. The Morgan fingerprint density at radius 3 is 2.78 bits per heavy atom. The predicted octanol–water partition coefficient (Wildman–Crippen LogP) is 3.80. The van der Waals surface area contributed by atoms with Gasteiger partial charge in [0, 0.05) is 34.9 Å². The van der Waals surface area contributed by atoms with Crippen LogP contribution in [0.1, 0.15) is 21.7 Å². The molecule has 2 aromatic rings. The summed E-state index contributed by atoms with van der Waals surface area (Å²) in [6.07, 6.45) is 2.56. The lowest BCUT2D eigenvalue weighted by Crippen LogP contribution is -2.18. The molecule has 2 rings (SSSR count). The first-order valence-electron chi connectivity index (χ1n) is 5.60. The van der Waals surface area contributed by atoms with E-state index in [-0.39, 0.29) is 0 Å².